The topological polar surface area (TPSA) is 90.4 Å². The summed E-state index contributed by atoms with van der Waals surface area (Å²) in [6, 6.07) is 25.4. The molecule has 224 valence electrons. The van der Waals surface area contributed by atoms with E-state index < -0.39 is 11.7 Å². The number of ether oxygens (including phenoxy) is 1. The zero-order chi connectivity index (χ0) is 30.0. The van der Waals surface area contributed by atoms with Gasteiger partial charge in [0.2, 0.25) is 11.8 Å². The lowest BCUT2D eigenvalue weighted by atomic mass is 9.83. The van der Waals surface area contributed by atoms with Crippen LogP contribution in [0.3, 0.4) is 0 Å². The van der Waals surface area contributed by atoms with Crippen LogP contribution >= 0.6 is 0 Å². The van der Waals surface area contributed by atoms with Crippen molar-refractivity contribution in [3.63, 3.8) is 0 Å². The molecule has 0 aromatic heterocycles. The molecule has 0 aliphatic carbocycles. The summed E-state index contributed by atoms with van der Waals surface area (Å²) in [6.07, 6.45) is 2.83. The van der Waals surface area contributed by atoms with E-state index in [9.17, 15) is 19.5 Å². The summed E-state index contributed by atoms with van der Waals surface area (Å²) in [7, 11) is 0. The number of hydrogen-bond donors (Lipinski definition) is 1. The second-order valence-corrected chi connectivity index (χ2v) is 11.9. The lowest BCUT2D eigenvalue weighted by Crippen LogP contribution is -2.44. The Balaban J connectivity index is 1.19. The summed E-state index contributed by atoms with van der Waals surface area (Å²) in [6.45, 7) is 3.67. The third-order valence-corrected chi connectivity index (χ3v) is 9.07. The van der Waals surface area contributed by atoms with Crippen LogP contribution in [0.1, 0.15) is 55.7 Å². The molecular weight excluding hydrogens is 542 g/mol. The van der Waals surface area contributed by atoms with E-state index in [1.165, 1.54) is 0 Å². The molecule has 3 aliphatic rings. The Kier molecular flexibility index (Phi) is 8.32. The molecule has 3 atom stereocenters. The number of amides is 3. The highest BCUT2D eigenvalue weighted by atomic mass is 16.5. The van der Waals surface area contributed by atoms with Crippen molar-refractivity contribution in [2.45, 2.75) is 63.8 Å². The van der Waals surface area contributed by atoms with Crippen molar-refractivity contribution in [2.75, 3.05) is 29.5 Å². The molecule has 2 saturated heterocycles. The molecule has 3 heterocycles. The first kappa shape index (κ1) is 29.1. The van der Waals surface area contributed by atoms with Gasteiger partial charge in [-0.25, -0.2) is 0 Å². The maximum absolute atomic E-state index is 14.3. The van der Waals surface area contributed by atoms with Crippen molar-refractivity contribution in [1.82, 2.24) is 4.90 Å². The molecule has 3 amide bonds. The minimum atomic E-state index is -1.15. The van der Waals surface area contributed by atoms with E-state index >= 15 is 0 Å². The normalized spacial score (nSPS) is 23.2. The summed E-state index contributed by atoms with van der Waals surface area (Å²) >= 11 is 0. The second kappa shape index (κ2) is 12.3. The highest BCUT2D eigenvalue weighted by Gasteiger charge is 2.60. The van der Waals surface area contributed by atoms with Crippen LogP contribution in [0.15, 0.2) is 78.9 Å². The molecule has 0 unspecified atom stereocenters. The number of fused-ring (bicyclic) bond motifs is 2. The fraction of sp³-hybridized carbons (Fsp3) is 0.400. The number of nitrogens with zero attached hydrogens (tertiary/aromatic N) is 3. The van der Waals surface area contributed by atoms with Gasteiger partial charge in [0.1, 0.15) is 0 Å². The molecule has 3 aliphatic heterocycles. The van der Waals surface area contributed by atoms with E-state index in [1.54, 1.807) is 9.80 Å². The smallest absolute Gasteiger partial charge is 0.264 e. The first-order valence-corrected chi connectivity index (χ1v) is 15.3. The maximum atomic E-state index is 14.3. The van der Waals surface area contributed by atoms with Crippen molar-refractivity contribution in [3.8, 4) is 0 Å². The van der Waals surface area contributed by atoms with E-state index in [0.29, 0.717) is 25.9 Å². The molecule has 3 aromatic rings. The number of benzene rings is 3. The van der Waals surface area contributed by atoms with Crippen LogP contribution in [0.2, 0.25) is 0 Å². The van der Waals surface area contributed by atoms with Crippen molar-refractivity contribution >= 4 is 29.1 Å². The van der Waals surface area contributed by atoms with Crippen LogP contribution in [0.5, 0.6) is 0 Å². The van der Waals surface area contributed by atoms with Crippen molar-refractivity contribution in [2.24, 2.45) is 5.92 Å². The fourth-order valence-electron chi connectivity index (χ4n) is 6.89. The summed E-state index contributed by atoms with van der Waals surface area (Å²) < 4.78 is 6.64. The van der Waals surface area contributed by atoms with Crippen molar-refractivity contribution in [3.05, 3.63) is 95.6 Å². The minimum absolute atomic E-state index is 0.102. The van der Waals surface area contributed by atoms with Gasteiger partial charge in [0.25, 0.3) is 5.91 Å². The minimum Gasteiger partial charge on any atom is -0.395 e. The molecule has 0 radical (unpaired) electrons. The summed E-state index contributed by atoms with van der Waals surface area (Å²) in [5.74, 6) is -0.181. The quantitative estimate of drug-likeness (QED) is 0.393. The Morgan fingerprint density at radius 1 is 0.977 bits per heavy atom. The van der Waals surface area contributed by atoms with Crippen LogP contribution in [0.25, 0.3) is 0 Å². The van der Waals surface area contributed by atoms with Gasteiger partial charge in [0.15, 0.2) is 5.60 Å². The highest BCUT2D eigenvalue weighted by molar-refractivity contribution is 6.07. The molecule has 0 bridgehead atoms. The Hall–Kier alpha value is -4.01. The van der Waals surface area contributed by atoms with Crippen LogP contribution < -0.4 is 9.80 Å². The molecule has 8 nitrogen and oxygen atoms in total. The molecule has 3 aromatic carbocycles. The number of para-hydroxylation sites is 1. The van der Waals surface area contributed by atoms with Crippen LogP contribution in [0, 0.1) is 5.92 Å². The zero-order valence-electron chi connectivity index (χ0n) is 24.7. The maximum Gasteiger partial charge on any atom is 0.264 e. The van der Waals surface area contributed by atoms with Gasteiger partial charge in [0, 0.05) is 43.2 Å². The monoisotopic (exact) mass is 581 g/mol. The summed E-state index contributed by atoms with van der Waals surface area (Å²) in [4.78, 5) is 45.4. The number of hydrogen-bond acceptors (Lipinski definition) is 5. The van der Waals surface area contributed by atoms with Gasteiger partial charge in [-0.1, -0.05) is 67.6 Å². The summed E-state index contributed by atoms with van der Waals surface area (Å²) in [5.41, 5.74) is 3.37. The standard InChI is InChI=1S/C35H39N3O5/c1-25-21-29(22-33(41)36(19-20-39)23-26-9-3-2-4-10-26)43-35(25)30-11-5-6-12-31(30)38(34(35)42)24-27-14-16-28(17-15-27)37-18-8-7-13-32(37)40/h2-6,9-12,14-17,25,29,39H,7-8,13,18-24H2,1H3/t25-,29-,35+/m0/s1. The highest BCUT2D eigenvalue weighted by Crippen LogP contribution is 2.53. The van der Waals surface area contributed by atoms with Gasteiger partial charge in [-0.3, -0.25) is 14.4 Å². The first-order chi connectivity index (χ1) is 20.9. The Morgan fingerprint density at radius 3 is 2.47 bits per heavy atom. The van der Waals surface area contributed by atoms with Gasteiger partial charge in [-0.15, -0.1) is 0 Å². The van der Waals surface area contributed by atoms with Crippen LogP contribution in [-0.2, 0) is 37.8 Å². The molecule has 6 rings (SSSR count). The Labute approximate surface area is 252 Å². The molecule has 0 saturated carbocycles. The number of aliphatic hydroxyl groups is 1. The number of carbonyl (C=O) groups is 3. The Bertz CT molecular complexity index is 1480. The lowest BCUT2D eigenvalue weighted by Gasteiger charge is -2.29. The number of piperidine rings is 1. The van der Waals surface area contributed by atoms with Gasteiger partial charge < -0.3 is 24.5 Å². The average molecular weight is 582 g/mol. The van der Waals surface area contributed by atoms with Gasteiger partial charge in [-0.05, 0) is 48.6 Å². The van der Waals surface area contributed by atoms with Gasteiger partial charge in [-0.2, -0.15) is 0 Å². The first-order valence-electron chi connectivity index (χ1n) is 15.3. The largest absolute Gasteiger partial charge is 0.395 e. The second-order valence-electron chi connectivity index (χ2n) is 11.9. The van der Waals surface area contributed by atoms with Gasteiger partial charge in [0.05, 0.1) is 31.4 Å². The van der Waals surface area contributed by atoms with Crippen LogP contribution in [-0.4, -0.2) is 53.5 Å². The Morgan fingerprint density at radius 2 is 1.72 bits per heavy atom. The predicted octanol–water partition coefficient (Wildman–Crippen LogP) is 4.78. The summed E-state index contributed by atoms with van der Waals surface area (Å²) in [5, 5.41) is 9.63. The SMILES string of the molecule is C[C@H]1C[C@@H](CC(=O)N(CCO)Cc2ccccc2)O[C@]12C(=O)N(Cc1ccc(N3CCCCC3=O)cc1)c1ccccc12. The third-order valence-electron chi connectivity index (χ3n) is 9.07. The molecule has 8 heteroatoms. The van der Waals surface area contributed by atoms with E-state index in [1.807, 2.05) is 90.7 Å². The van der Waals surface area contributed by atoms with E-state index in [0.717, 1.165) is 47.5 Å². The van der Waals surface area contributed by atoms with E-state index in [2.05, 4.69) is 0 Å². The van der Waals surface area contributed by atoms with Gasteiger partial charge >= 0.3 is 0 Å². The molecule has 2 fully saturated rings. The zero-order valence-corrected chi connectivity index (χ0v) is 24.7. The van der Waals surface area contributed by atoms with Crippen LogP contribution in [0.4, 0.5) is 11.4 Å². The number of aliphatic hydroxyl groups excluding tert-OH is 1. The molecular formula is C35H39N3O5. The van der Waals surface area contributed by atoms with E-state index in [-0.39, 0.29) is 43.2 Å². The molecule has 43 heavy (non-hydrogen) atoms. The van der Waals surface area contributed by atoms with E-state index in [4.69, 9.17) is 4.74 Å². The molecule has 1 N–H and O–H groups in total. The number of rotatable bonds is 9. The van der Waals surface area contributed by atoms with Crippen molar-refractivity contribution < 1.29 is 24.2 Å². The van der Waals surface area contributed by atoms with Crippen molar-refractivity contribution in [1.29, 1.82) is 0 Å². The predicted molar refractivity (Wildman–Crippen MR) is 164 cm³/mol. The number of carbonyl (C=O) groups excluding carboxylic acids is 3. The average Bonchev–Trinajstić information content (AvgIpc) is 3.47. The fourth-order valence-corrected chi connectivity index (χ4v) is 6.89. The molecule has 1 spiro atoms. The number of anilines is 2. The third kappa shape index (κ3) is 5.57. The lowest BCUT2D eigenvalue weighted by molar-refractivity contribution is -0.150.